The molecule has 0 radical (unpaired) electrons. The summed E-state index contributed by atoms with van der Waals surface area (Å²) in [7, 11) is 0. The van der Waals surface area contributed by atoms with E-state index in [1.165, 1.54) is 144 Å². The molecule has 72 heavy (non-hydrogen) atoms. The van der Waals surface area contributed by atoms with Gasteiger partial charge in [-0.25, -0.2) is 0 Å². The minimum Gasteiger partial charge on any atom is -0.309 e. The lowest BCUT2D eigenvalue weighted by Gasteiger charge is -2.44. The predicted octanol–water partition coefficient (Wildman–Crippen LogP) is 19.7. The molecule has 2 nitrogen and oxygen atoms in total. The molecule has 2 aliphatic carbocycles. The first kappa shape index (κ1) is 43.6. The number of para-hydroxylation sites is 2. The van der Waals surface area contributed by atoms with Gasteiger partial charge in [-0.05, 0) is 160 Å². The van der Waals surface area contributed by atoms with Crippen LogP contribution in [0.4, 0.5) is 34.1 Å². The summed E-state index contributed by atoms with van der Waals surface area (Å²) in [5.74, 6) is 0.563. The Balaban J connectivity index is 1.08. The standard InChI is InChI=1S/C70H64N2/c1-39(2)45-33-41-29-32-60(72-58-28-20-18-26-52(58)70(11,12)56-36-48-44-22-14-16-24-50(44)68(7,8)54(48)38-62(56)72)66-46(40(3)4)34-42-30-31-59(65(45)63(42)64(41)66)71-57-27-19-17-25-51(57)69(9,10)55-35-47-43-21-13-15-23-49(43)67(5,6)53(47)37-61(55)71/h13-40H,1-12H3. The first-order chi connectivity index (χ1) is 34.4. The van der Waals surface area contributed by atoms with Crippen molar-refractivity contribution in [1.29, 1.82) is 0 Å². The maximum atomic E-state index is 2.66. The van der Waals surface area contributed by atoms with E-state index in [4.69, 9.17) is 0 Å². The van der Waals surface area contributed by atoms with Crippen molar-refractivity contribution < 1.29 is 0 Å². The third kappa shape index (κ3) is 5.41. The fraction of sp³-hybridized carbons (Fsp3) is 0.257. The van der Waals surface area contributed by atoms with Crippen LogP contribution in [0.2, 0.25) is 0 Å². The number of hydrogen-bond acceptors (Lipinski definition) is 2. The molecule has 2 heteroatoms. The Kier molecular flexibility index (Phi) is 8.65. The molecule has 0 bridgehead atoms. The van der Waals surface area contributed by atoms with E-state index in [-0.39, 0.29) is 33.5 Å². The van der Waals surface area contributed by atoms with Gasteiger partial charge in [-0.2, -0.15) is 0 Å². The monoisotopic (exact) mass is 933 g/mol. The molecule has 2 heterocycles. The minimum atomic E-state index is -0.224. The second-order valence-corrected chi connectivity index (χ2v) is 24.5. The van der Waals surface area contributed by atoms with Crippen LogP contribution < -0.4 is 9.80 Å². The second-order valence-electron chi connectivity index (χ2n) is 24.5. The smallest absolute Gasteiger partial charge is 0.0543 e. The minimum absolute atomic E-state index is 0.135. The third-order valence-electron chi connectivity index (χ3n) is 18.5. The topological polar surface area (TPSA) is 6.48 Å². The predicted molar refractivity (Wildman–Crippen MR) is 307 cm³/mol. The molecule has 10 aromatic carbocycles. The fourth-order valence-electron chi connectivity index (χ4n) is 14.6. The quantitative estimate of drug-likeness (QED) is 0.162. The van der Waals surface area contributed by atoms with Gasteiger partial charge in [0.2, 0.25) is 0 Å². The summed E-state index contributed by atoms with van der Waals surface area (Å²) in [5, 5.41) is 8.06. The Bertz CT molecular complexity index is 3740. The molecule has 2 aliphatic heterocycles. The van der Waals surface area contributed by atoms with Crippen LogP contribution in [0, 0.1) is 0 Å². The first-order valence-electron chi connectivity index (χ1n) is 26.6. The van der Waals surface area contributed by atoms with Gasteiger partial charge in [-0.15, -0.1) is 0 Å². The molecule has 0 N–H and O–H groups in total. The highest BCUT2D eigenvalue weighted by molar-refractivity contribution is 6.30. The Morgan fingerprint density at radius 2 is 0.625 bits per heavy atom. The highest BCUT2D eigenvalue weighted by Gasteiger charge is 2.45. The second kappa shape index (κ2) is 14.3. The zero-order valence-corrected chi connectivity index (χ0v) is 44.1. The SMILES string of the molecule is CC(C)c1cc2ccc(N3c4ccccc4C(C)(C)c4cc5c(cc43)C(C)(C)c3ccccc3-5)c3c(C(C)C)cc4ccc(N5c6ccccc6C(C)(C)c6cc7c(cc65)C(C)(C)c5ccccc5-7)c1c4c23. The van der Waals surface area contributed by atoms with Crippen molar-refractivity contribution in [2.75, 3.05) is 9.80 Å². The van der Waals surface area contributed by atoms with Crippen molar-refractivity contribution in [3.8, 4) is 22.3 Å². The Hall–Kier alpha value is -7.16. The third-order valence-corrected chi connectivity index (χ3v) is 18.5. The number of benzene rings is 10. The number of fused-ring (bicyclic) bond motifs is 10. The average molecular weight is 933 g/mol. The molecule has 4 aliphatic rings. The van der Waals surface area contributed by atoms with Gasteiger partial charge >= 0.3 is 0 Å². The van der Waals surface area contributed by atoms with E-state index < -0.39 is 0 Å². The summed E-state index contributed by atoms with van der Waals surface area (Å²) in [4.78, 5) is 5.33. The van der Waals surface area contributed by atoms with Crippen LogP contribution in [-0.4, -0.2) is 0 Å². The summed E-state index contributed by atoms with van der Waals surface area (Å²) in [6.07, 6.45) is 0. The number of hydrogen-bond donors (Lipinski definition) is 0. The van der Waals surface area contributed by atoms with E-state index >= 15 is 0 Å². The van der Waals surface area contributed by atoms with Gasteiger partial charge in [0.15, 0.2) is 0 Å². The summed E-state index contributed by atoms with van der Waals surface area (Å²) < 4.78 is 0. The van der Waals surface area contributed by atoms with Crippen LogP contribution in [0.3, 0.4) is 0 Å². The van der Waals surface area contributed by atoms with Crippen molar-refractivity contribution in [2.24, 2.45) is 0 Å². The van der Waals surface area contributed by atoms with Crippen LogP contribution in [0.25, 0.3) is 54.6 Å². The van der Waals surface area contributed by atoms with E-state index in [2.05, 4.69) is 251 Å². The van der Waals surface area contributed by atoms with Gasteiger partial charge in [0, 0.05) is 32.4 Å². The van der Waals surface area contributed by atoms with Crippen LogP contribution >= 0.6 is 0 Å². The fourth-order valence-corrected chi connectivity index (χ4v) is 14.6. The van der Waals surface area contributed by atoms with Crippen molar-refractivity contribution in [3.63, 3.8) is 0 Å². The summed E-state index contributed by atoms with van der Waals surface area (Å²) in [5.41, 5.74) is 26.2. The summed E-state index contributed by atoms with van der Waals surface area (Å²) in [6, 6.07) is 61.9. The van der Waals surface area contributed by atoms with Crippen molar-refractivity contribution in [1.82, 2.24) is 0 Å². The van der Waals surface area contributed by atoms with Crippen molar-refractivity contribution in [3.05, 3.63) is 213 Å². The molecule has 0 saturated carbocycles. The van der Waals surface area contributed by atoms with E-state index in [0.717, 1.165) is 0 Å². The highest BCUT2D eigenvalue weighted by atomic mass is 15.2. The molecular formula is C70H64N2. The molecule has 0 aromatic heterocycles. The average Bonchev–Trinajstić information content (AvgIpc) is 3.73. The van der Waals surface area contributed by atoms with Gasteiger partial charge in [-0.1, -0.05) is 192 Å². The maximum Gasteiger partial charge on any atom is 0.0543 e. The summed E-state index contributed by atoms with van der Waals surface area (Å²) >= 11 is 0. The highest BCUT2D eigenvalue weighted by Crippen LogP contribution is 2.62. The van der Waals surface area contributed by atoms with Crippen LogP contribution in [0.1, 0.15) is 151 Å². The zero-order chi connectivity index (χ0) is 49.7. The number of rotatable bonds is 4. The zero-order valence-electron chi connectivity index (χ0n) is 44.1. The molecule has 354 valence electrons. The van der Waals surface area contributed by atoms with E-state index in [1.807, 2.05) is 0 Å². The van der Waals surface area contributed by atoms with Crippen molar-refractivity contribution in [2.45, 2.75) is 117 Å². The first-order valence-corrected chi connectivity index (χ1v) is 26.6. The molecule has 14 rings (SSSR count). The Morgan fingerprint density at radius 3 is 1.01 bits per heavy atom. The Labute approximate surface area is 426 Å². The largest absolute Gasteiger partial charge is 0.309 e. The van der Waals surface area contributed by atoms with E-state index in [1.54, 1.807) is 0 Å². The lowest BCUT2D eigenvalue weighted by Crippen LogP contribution is -2.31. The van der Waals surface area contributed by atoms with Gasteiger partial charge in [0.05, 0.1) is 34.1 Å². The van der Waals surface area contributed by atoms with Gasteiger partial charge in [0.25, 0.3) is 0 Å². The van der Waals surface area contributed by atoms with Gasteiger partial charge in [-0.3, -0.25) is 0 Å². The van der Waals surface area contributed by atoms with E-state index in [9.17, 15) is 0 Å². The molecule has 0 unspecified atom stereocenters. The molecular weight excluding hydrogens is 869 g/mol. The Morgan fingerprint density at radius 1 is 0.278 bits per heavy atom. The number of anilines is 6. The molecule has 0 saturated heterocycles. The molecule has 10 aromatic rings. The summed E-state index contributed by atoms with van der Waals surface area (Å²) in [6.45, 7) is 29.0. The van der Waals surface area contributed by atoms with Gasteiger partial charge in [0.1, 0.15) is 0 Å². The molecule has 0 amide bonds. The van der Waals surface area contributed by atoms with Crippen LogP contribution in [0.15, 0.2) is 158 Å². The number of nitrogens with zero attached hydrogens (tertiary/aromatic N) is 2. The lowest BCUT2D eigenvalue weighted by atomic mass is 9.71. The lowest BCUT2D eigenvalue weighted by molar-refractivity contribution is 0.627. The normalized spacial score (nSPS) is 17.0. The maximum absolute atomic E-state index is 2.66. The van der Waals surface area contributed by atoms with Crippen molar-refractivity contribution >= 4 is 66.4 Å². The molecule has 0 fully saturated rings. The van der Waals surface area contributed by atoms with Crippen LogP contribution in [-0.2, 0) is 21.7 Å². The molecule has 0 atom stereocenters. The van der Waals surface area contributed by atoms with Gasteiger partial charge < -0.3 is 9.80 Å². The molecule has 0 spiro atoms. The van der Waals surface area contributed by atoms with Crippen LogP contribution in [0.5, 0.6) is 0 Å². The van der Waals surface area contributed by atoms with E-state index in [0.29, 0.717) is 0 Å².